The van der Waals surface area contributed by atoms with Gasteiger partial charge in [0, 0.05) is 39.0 Å². The lowest BCUT2D eigenvalue weighted by molar-refractivity contribution is -0.138. The van der Waals surface area contributed by atoms with Crippen LogP contribution >= 0.6 is 0 Å². The van der Waals surface area contributed by atoms with Gasteiger partial charge in [-0.25, -0.2) is 0 Å². The van der Waals surface area contributed by atoms with E-state index in [1.165, 1.54) is 4.90 Å². The van der Waals surface area contributed by atoms with Crippen LogP contribution in [0.15, 0.2) is 0 Å². The summed E-state index contributed by atoms with van der Waals surface area (Å²) in [5.41, 5.74) is 0. The number of rotatable bonds is 8. The normalized spacial score (nSPS) is 15.9. The monoisotopic (exact) mass is 271 g/mol. The lowest BCUT2D eigenvalue weighted by Crippen LogP contribution is -2.42. The average molecular weight is 271 g/mol. The second-order valence-corrected chi connectivity index (χ2v) is 4.91. The first kappa shape index (κ1) is 15.6. The summed E-state index contributed by atoms with van der Waals surface area (Å²) in [7, 11) is 3.82. The van der Waals surface area contributed by atoms with E-state index in [4.69, 9.17) is 5.11 Å². The molecular formula is C12H21N3O4. The number of carbonyl (C=O) groups excluding carboxylic acids is 2. The number of aliphatic carboxylic acids is 1. The predicted octanol–water partition coefficient (Wildman–Crippen LogP) is -0.916. The zero-order chi connectivity index (χ0) is 14.4. The van der Waals surface area contributed by atoms with Crippen molar-refractivity contribution in [1.82, 2.24) is 14.7 Å². The van der Waals surface area contributed by atoms with E-state index in [9.17, 15) is 14.4 Å². The molecule has 0 aliphatic carbocycles. The molecule has 0 aromatic heterocycles. The van der Waals surface area contributed by atoms with Crippen LogP contribution in [0.25, 0.3) is 0 Å². The first-order valence-corrected chi connectivity index (χ1v) is 6.32. The Kier molecular flexibility index (Phi) is 5.91. The highest BCUT2D eigenvalue weighted by Gasteiger charge is 2.28. The van der Waals surface area contributed by atoms with Gasteiger partial charge in [0.15, 0.2) is 0 Å². The molecular weight excluding hydrogens is 250 g/mol. The van der Waals surface area contributed by atoms with Gasteiger partial charge in [0.25, 0.3) is 0 Å². The van der Waals surface area contributed by atoms with Crippen molar-refractivity contribution >= 4 is 17.8 Å². The Bertz CT molecular complexity index is 341. The smallest absolute Gasteiger partial charge is 0.317 e. The highest BCUT2D eigenvalue weighted by molar-refractivity contribution is 6.01. The topological polar surface area (TPSA) is 81.2 Å². The summed E-state index contributed by atoms with van der Waals surface area (Å²) in [4.78, 5) is 38.6. The van der Waals surface area contributed by atoms with Gasteiger partial charge in [-0.3, -0.25) is 24.2 Å². The van der Waals surface area contributed by atoms with E-state index >= 15 is 0 Å². The van der Waals surface area contributed by atoms with Gasteiger partial charge >= 0.3 is 5.97 Å². The largest absolute Gasteiger partial charge is 0.480 e. The van der Waals surface area contributed by atoms with Crippen molar-refractivity contribution in [2.45, 2.75) is 12.8 Å². The molecule has 1 rings (SSSR count). The minimum absolute atomic E-state index is 0.0793. The van der Waals surface area contributed by atoms with Crippen LogP contribution in [-0.4, -0.2) is 84.4 Å². The van der Waals surface area contributed by atoms with Gasteiger partial charge in [-0.15, -0.1) is 0 Å². The van der Waals surface area contributed by atoms with Crippen LogP contribution in [0, 0.1) is 0 Å². The molecule has 7 nitrogen and oxygen atoms in total. The number of carboxylic acids is 1. The van der Waals surface area contributed by atoms with Crippen LogP contribution in [0.2, 0.25) is 0 Å². The van der Waals surface area contributed by atoms with E-state index in [0.717, 1.165) is 6.54 Å². The van der Waals surface area contributed by atoms with E-state index in [-0.39, 0.29) is 37.7 Å². The maximum atomic E-state index is 11.4. The van der Waals surface area contributed by atoms with Gasteiger partial charge in [0.2, 0.25) is 11.8 Å². The second-order valence-electron chi connectivity index (χ2n) is 4.91. The van der Waals surface area contributed by atoms with Crippen LogP contribution in [0.5, 0.6) is 0 Å². The van der Waals surface area contributed by atoms with Crippen LogP contribution in [0.1, 0.15) is 12.8 Å². The lowest BCUT2D eigenvalue weighted by atomic mass is 10.4. The first-order valence-electron chi connectivity index (χ1n) is 6.32. The molecule has 0 saturated carbocycles. The fourth-order valence-corrected chi connectivity index (χ4v) is 1.92. The van der Waals surface area contributed by atoms with Gasteiger partial charge in [-0.1, -0.05) is 0 Å². The number of hydrogen-bond acceptors (Lipinski definition) is 5. The second kappa shape index (κ2) is 7.20. The summed E-state index contributed by atoms with van der Waals surface area (Å²) >= 11 is 0. The Morgan fingerprint density at radius 3 is 2.21 bits per heavy atom. The van der Waals surface area contributed by atoms with Gasteiger partial charge in [0.05, 0.1) is 6.54 Å². The summed E-state index contributed by atoms with van der Waals surface area (Å²) in [6.07, 6.45) is 0.547. The highest BCUT2D eigenvalue weighted by atomic mass is 16.4. The molecule has 108 valence electrons. The molecule has 0 spiro atoms. The summed E-state index contributed by atoms with van der Waals surface area (Å²) in [6, 6.07) is 0. The third kappa shape index (κ3) is 5.35. The molecule has 0 aromatic carbocycles. The average Bonchev–Trinajstić information content (AvgIpc) is 2.62. The molecule has 1 N–H and O–H groups in total. The molecule has 7 heteroatoms. The van der Waals surface area contributed by atoms with Crippen LogP contribution in [-0.2, 0) is 14.4 Å². The maximum absolute atomic E-state index is 11.4. The fraction of sp³-hybridized carbons (Fsp3) is 0.750. The number of hydrogen-bond donors (Lipinski definition) is 1. The SMILES string of the molecule is CN(C)CCN(CCN1C(=O)CCC1=O)CC(=O)O. The third-order valence-corrected chi connectivity index (χ3v) is 3.02. The Morgan fingerprint density at radius 2 is 1.74 bits per heavy atom. The molecule has 0 atom stereocenters. The van der Waals surface area contributed by atoms with Crippen LogP contribution in [0.3, 0.4) is 0 Å². The van der Waals surface area contributed by atoms with Crippen molar-refractivity contribution in [3.63, 3.8) is 0 Å². The Balaban J connectivity index is 2.45. The number of imide groups is 1. The maximum Gasteiger partial charge on any atom is 0.317 e. The highest BCUT2D eigenvalue weighted by Crippen LogP contribution is 2.11. The number of carbonyl (C=O) groups is 3. The minimum atomic E-state index is -0.905. The van der Waals surface area contributed by atoms with Crippen LogP contribution < -0.4 is 0 Å². The molecule has 1 heterocycles. The minimum Gasteiger partial charge on any atom is -0.480 e. The van der Waals surface area contributed by atoms with E-state index in [1.54, 1.807) is 4.90 Å². The molecule has 1 aliphatic rings. The standard InChI is InChI=1S/C12H21N3O4/c1-13(2)5-6-14(9-12(18)19)7-8-15-10(16)3-4-11(15)17/h3-9H2,1-2H3,(H,18,19). The molecule has 1 aliphatic heterocycles. The summed E-state index contributed by atoms with van der Waals surface area (Å²) in [5.74, 6) is -1.22. The van der Waals surface area contributed by atoms with Crippen LogP contribution in [0.4, 0.5) is 0 Å². The number of carboxylic acid groups (broad SMARTS) is 1. The number of amides is 2. The van der Waals surface area contributed by atoms with Crippen molar-refractivity contribution in [3.05, 3.63) is 0 Å². The Hall–Kier alpha value is -1.47. The van der Waals surface area contributed by atoms with Crippen molar-refractivity contribution < 1.29 is 19.5 Å². The van der Waals surface area contributed by atoms with E-state index in [1.807, 2.05) is 19.0 Å². The molecule has 0 radical (unpaired) electrons. The van der Waals surface area contributed by atoms with E-state index < -0.39 is 5.97 Å². The zero-order valence-electron chi connectivity index (χ0n) is 11.5. The third-order valence-electron chi connectivity index (χ3n) is 3.02. The molecule has 1 fully saturated rings. The van der Waals surface area contributed by atoms with E-state index in [2.05, 4.69) is 0 Å². The first-order chi connectivity index (χ1) is 8.90. The molecule has 2 amide bonds. The number of likely N-dealkylation sites (N-methyl/N-ethyl adjacent to an activating group) is 1. The van der Waals surface area contributed by atoms with Gasteiger partial charge in [-0.2, -0.15) is 0 Å². The fourth-order valence-electron chi connectivity index (χ4n) is 1.92. The van der Waals surface area contributed by atoms with Crippen molar-refractivity contribution in [2.75, 3.05) is 46.8 Å². The van der Waals surface area contributed by atoms with Crippen molar-refractivity contribution in [1.29, 1.82) is 0 Å². The Morgan fingerprint density at radius 1 is 1.16 bits per heavy atom. The zero-order valence-corrected chi connectivity index (χ0v) is 11.5. The molecule has 0 aromatic rings. The van der Waals surface area contributed by atoms with Gasteiger partial charge in [0.1, 0.15) is 0 Å². The van der Waals surface area contributed by atoms with Crippen molar-refractivity contribution in [3.8, 4) is 0 Å². The number of likely N-dealkylation sites (tertiary alicyclic amines) is 1. The molecule has 0 bridgehead atoms. The molecule has 1 saturated heterocycles. The quantitative estimate of drug-likeness (QED) is 0.575. The van der Waals surface area contributed by atoms with Gasteiger partial charge < -0.3 is 10.0 Å². The molecule has 19 heavy (non-hydrogen) atoms. The predicted molar refractivity (Wildman–Crippen MR) is 68.6 cm³/mol. The summed E-state index contributed by atoms with van der Waals surface area (Å²) < 4.78 is 0. The van der Waals surface area contributed by atoms with Crippen molar-refractivity contribution in [2.24, 2.45) is 0 Å². The Labute approximate surface area is 112 Å². The van der Waals surface area contributed by atoms with Gasteiger partial charge in [-0.05, 0) is 14.1 Å². The molecule has 0 unspecified atom stereocenters. The summed E-state index contributed by atoms with van der Waals surface area (Å²) in [5, 5.41) is 8.84. The summed E-state index contributed by atoms with van der Waals surface area (Å²) in [6.45, 7) is 1.92. The number of nitrogens with zero attached hydrogens (tertiary/aromatic N) is 3. The lowest BCUT2D eigenvalue weighted by Gasteiger charge is -2.24. The van der Waals surface area contributed by atoms with E-state index in [0.29, 0.717) is 13.1 Å².